The van der Waals surface area contributed by atoms with Crippen LogP contribution in [0.3, 0.4) is 0 Å². The van der Waals surface area contributed by atoms with Gasteiger partial charge in [-0.3, -0.25) is 0 Å². The van der Waals surface area contributed by atoms with Crippen LogP contribution in [0, 0.1) is 0 Å². The van der Waals surface area contributed by atoms with Crippen molar-refractivity contribution in [1.82, 2.24) is 9.61 Å². The number of aliphatic hydroxyl groups is 1. The summed E-state index contributed by atoms with van der Waals surface area (Å²) in [4.78, 5) is 11.9. The number of methoxy groups -OCH3 is 1. The second kappa shape index (κ2) is 4.10. The Morgan fingerprint density at radius 3 is 2.94 bits per heavy atom. The van der Waals surface area contributed by atoms with Crippen molar-refractivity contribution in [3.63, 3.8) is 0 Å². The average molecular weight is 246 g/mol. The monoisotopic (exact) mass is 246 g/mol. The van der Waals surface area contributed by atoms with Gasteiger partial charge in [-0.15, -0.1) is 0 Å². The first-order chi connectivity index (χ1) is 8.74. The van der Waals surface area contributed by atoms with Crippen molar-refractivity contribution in [2.45, 2.75) is 25.4 Å². The van der Waals surface area contributed by atoms with Crippen LogP contribution in [0.15, 0.2) is 18.3 Å². The zero-order valence-electron chi connectivity index (χ0n) is 10.1. The minimum Gasteiger partial charge on any atom is -0.465 e. The van der Waals surface area contributed by atoms with Gasteiger partial charge in [-0.05, 0) is 24.5 Å². The minimum absolute atomic E-state index is 0.0396. The number of rotatable bonds is 3. The average Bonchev–Trinajstić information content (AvgIpc) is 3.18. The van der Waals surface area contributed by atoms with Gasteiger partial charge in [0, 0.05) is 12.1 Å². The molecule has 0 atom stereocenters. The van der Waals surface area contributed by atoms with E-state index in [0.29, 0.717) is 11.5 Å². The zero-order valence-corrected chi connectivity index (χ0v) is 10.1. The van der Waals surface area contributed by atoms with Crippen LogP contribution < -0.4 is 0 Å². The Bertz CT molecular complexity index is 614. The Balaban J connectivity index is 2.22. The maximum absolute atomic E-state index is 11.9. The highest BCUT2D eigenvalue weighted by Crippen LogP contribution is 2.42. The molecule has 0 bridgehead atoms. The van der Waals surface area contributed by atoms with E-state index in [-0.39, 0.29) is 12.6 Å². The number of aromatic nitrogens is 2. The Kier molecular flexibility index (Phi) is 2.56. The summed E-state index contributed by atoms with van der Waals surface area (Å²) in [5.74, 6) is 0.0280. The number of pyridine rings is 1. The van der Waals surface area contributed by atoms with Gasteiger partial charge in [0.1, 0.15) is 5.56 Å². The number of fused-ring (bicyclic) bond motifs is 1. The van der Waals surface area contributed by atoms with E-state index in [4.69, 9.17) is 9.84 Å². The molecule has 0 aliphatic heterocycles. The van der Waals surface area contributed by atoms with Gasteiger partial charge < -0.3 is 9.84 Å². The van der Waals surface area contributed by atoms with E-state index in [2.05, 4.69) is 5.10 Å². The lowest BCUT2D eigenvalue weighted by Gasteiger charge is -2.00. The number of carbonyl (C=O) groups excluding carboxylic acids is 1. The molecule has 18 heavy (non-hydrogen) atoms. The van der Waals surface area contributed by atoms with E-state index in [1.807, 2.05) is 0 Å². The molecule has 1 aliphatic rings. The first-order valence-electron chi connectivity index (χ1n) is 5.95. The molecule has 1 N–H and O–H groups in total. The molecule has 0 amide bonds. The highest BCUT2D eigenvalue weighted by molar-refractivity contribution is 5.98. The lowest BCUT2D eigenvalue weighted by atomic mass is 10.1. The molecule has 0 aromatic carbocycles. The summed E-state index contributed by atoms with van der Waals surface area (Å²) in [6.07, 6.45) is 3.88. The van der Waals surface area contributed by atoms with Crippen molar-refractivity contribution < 1.29 is 14.6 Å². The van der Waals surface area contributed by atoms with Crippen molar-refractivity contribution in [3.05, 3.63) is 35.2 Å². The molecule has 2 aromatic rings. The van der Waals surface area contributed by atoms with Crippen molar-refractivity contribution in [2.24, 2.45) is 0 Å². The molecule has 2 aromatic heterocycles. The summed E-state index contributed by atoms with van der Waals surface area (Å²) < 4.78 is 6.49. The Hall–Kier alpha value is -1.88. The molecule has 0 spiro atoms. The Morgan fingerprint density at radius 1 is 1.56 bits per heavy atom. The number of nitrogens with zero attached hydrogens (tertiary/aromatic N) is 2. The van der Waals surface area contributed by atoms with Crippen LogP contribution in [-0.2, 0) is 11.3 Å². The van der Waals surface area contributed by atoms with Crippen molar-refractivity contribution in [3.8, 4) is 0 Å². The molecule has 5 nitrogen and oxygen atoms in total. The maximum atomic E-state index is 11.9. The summed E-state index contributed by atoms with van der Waals surface area (Å²) in [7, 11) is 1.38. The molecule has 0 unspecified atom stereocenters. The molecule has 1 aliphatic carbocycles. The standard InChI is InChI=1S/C13H14N2O3/c1-18-13(17)11-10-5-2-8(7-16)6-15(10)14-12(11)9-3-4-9/h2,5-6,9,16H,3-4,7H2,1H3. The van der Waals surface area contributed by atoms with Gasteiger partial charge in [0.25, 0.3) is 0 Å². The highest BCUT2D eigenvalue weighted by atomic mass is 16.5. The number of hydrogen-bond acceptors (Lipinski definition) is 4. The first-order valence-corrected chi connectivity index (χ1v) is 5.95. The number of carbonyl (C=O) groups is 1. The number of ether oxygens (including phenoxy) is 1. The third kappa shape index (κ3) is 1.67. The van der Waals surface area contributed by atoms with Gasteiger partial charge in [0.15, 0.2) is 0 Å². The molecule has 3 rings (SSSR count). The van der Waals surface area contributed by atoms with E-state index in [9.17, 15) is 4.79 Å². The minimum atomic E-state index is -0.344. The van der Waals surface area contributed by atoms with Gasteiger partial charge in [-0.2, -0.15) is 5.10 Å². The van der Waals surface area contributed by atoms with E-state index in [1.54, 1.807) is 22.8 Å². The van der Waals surface area contributed by atoms with Gasteiger partial charge in [0.2, 0.25) is 0 Å². The van der Waals surface area contributed by atoms with Crippen LogP contribution in [0.25, 0.3) is 5.52 Å². The van der Waals surface area contributed by atoms with Crippen molar-refractivity contribution >= 4 is 11.5 Å². The summed E-state index contributed by atoms with van der Waals surface area (Å²) in [6, 6.07) is 3.59. The summed E-state index contributed by atoms with van der Waals surface area (Å²) in [5.41, 5.74) is 2.88. The summed E-state index contributed by atoms with van der Waals surface area (Å²) in [5, 5.41) is 13.6. The SMILES string of the molecule is COC(=O)c1c(C2CC2)nn2cc(CO)ccc12. The fourth-order valence-electron chi connectivity index (χ4n) is 2.16. The molecular weight excluding hydrogens is 232 g/mol. The molecular formula is C13H14N2O3. The smallest absolute Gasteiger partial charge is 0.342 e. The lowest BCUT2D eigenvalue weighted by molar-refractivity contribution is 0.0601. The topological polar surface area (TPSA) is 63.8 Å². The first kappa shape index (κ1) is 11.2. The van der Waals surface area contributed by atoms with E-state index in [1.165, 1.54) is 7.11 Å². The number of esters is 1. The van der Waals surface area contributed by atoms with E-state index in [0.717, 1.165) is 29.6 Å². The Labute approximate surface area is 104 Å². The normalized spacial score (nSPS) is 15.0. The predicted molar refractivity (Wildman–Crippen MR) is 64.4 cm³/mol. The molecule has 5 heteroatoms. The molecule has 1 fully saturated rings. The predicted octanol–water partition coefficient (Wildman–Crippen LogP) is 1.49. The van der Waals surface area contributed by atoms with E-state index >= 15 is 0 Å². The molecule has 2 heterocycles. The van der Waals surface area contributed by atoms with Crippen LogP contribution in [0.5, 0.6) is 0 Å². The number of hydrogen-bond donors (Lipinski definition) is 1. The molecule has 1 saturated carbocycles. The summed E-state index contributed by atoms with van der Waals surface area (Å²) >= 11 is 0. The fraction of sp³-hybridized carbons (Fsp3) is 0.385. The van der Waals surface area contributed by atoms with Gasteiger partial charge in [0.05, 0.1) is 24.9 Å². The van der Waals surface area contributed by atoms with Crippen molar-refractivity contribution in [1.29, 1.82) is 0 Å². The molecule has 94 valence electrons. The highest BCUT2D eigenvalue weighted by Gasteiger charge is 2.33. The van der Waals surface area contributed by atoms with E-state index < -0.39 is 0 Å². The summed E-state index contributed by atoms with van der Waals surface area (Å²) in [6.45, 7) is -0.0396. The van der Waals surface area contributed by atoms with Gasteiger partial charge in [-0.1, -0.05) is 6.07 Å². The van der Waals surface area contributed by atoms with Crippen LogP contribution in [0.1, 0.15) is 40.4 Å². The third-order valence-corrected chi connectivity index (χ3v) is 3.25. The Morgan fingerprint density at radius 2 is 2.33 bits per heavy atom. The second-order valence-electron chi connectivity index (χ2n) is 4.55. The maximum Gasteiger partial charge on any atom is 0.342 e. The number of aliphatic hydroxyl groups excluding tert-OH is 1. The zero-order chi connectivity index (χ0) is 12.7. The largest absolute Gasteiger partial charge is 0.465 e. The van der Waals surface area contributed by atoms with Crippen LogP contribution in [-0.4, -0.2) is 27.8 Å². The fourth-order valence-corrected chi connectivity index (χ4v) is 2.16. The second-order valence-corrected chi connectivity index (χ2v) is 4.55. The molecule has 0 saturated heterocycles. The lowest BCUT2D eigenvalue weighted by Crippen LogP contribution is -2.03. The van der Waals surface area contributed by atoms with Crippen LogP contribution >= 0.6 is 0 Å². The third-order valence-electron chi connectivity index (χ3n) is 3.25. The van der Waals surface area contributed by atoms with Crippen LogP contribution in [0.2, 0.25) is 0 Å². The quantitative estimate of drug-likeness (QED) is 0.833. The van der Waals surface area contributed by atoms with Crippen molar-refractivity contribution in [2.75, 3.05) is 7.11 Å². The molecule has 0 radical (unpaired) electrons. The van der Waals surface area contributed by atoms with Crippen LogP contribution in [0.4, 0.5) is 0 Å². The van der Waals surface area contributed by atoms with Gasteiger partial charge in [-0.25, -0.2) is 9.31 Å². The van der Waals surface area contributed by atoms with Gasteiger partial charge >= 0.3 is 5.97 Å².